The predicted octanol–water partition coefficient (Wildman–Crippen LogP) is 1.42. The van der Waals surface area contributed by atoms with Crippen LogP contribution in [0.15, 0.2) is 40.9 Å². The number of aromatic nitrogens is 1. The van der Waals surface area contributed by atoms with Gasteiger partial charge < -0.3 is 14.9 Å². The van der Waals surface area contributed by atoms with Crippen molar-refractivity contribution in [3.63, 3.8) is 0 Å². The Balaban J connectivity index is 1.91. The van der Waals surface area contributed by atoms with Crippen molar-refractivity contribution in [2.24, 2.45) is 0 Å². The molecule has 0 bridgehead atoms. The Morgan fingerprint density at radius 2 is 2.14 bits per heavy atom. The smallest absolute Gasteiger partial charge is 0.239 e. The number of carbonyl (C=O) groups is 1. The van der Waals surface area contributed by atoms with Gasteiger partial charge in [0.1, 0.15) is 5.76 Å². The summed E-state index contributed by atoms with van der Waals surface area (Å²) in [5, 5.41) is 15.5. The van der Waals surface area contributed by atoms with E-state index >= 15 is 0 Å². The van der Waals surface area contributed by atoms with Crippen LogP contribution in [0.25, 0.3) is 0 Å². The molecular formula is C15H19N3O3. The Kier molecular flexibility index (Phi) is 5.48. The number of carbonyl (C=O) groups excluding carboxylic acids is 1. The fraction of sp³-hybridized carbons (Fsp3) is 0.333. The minimum atomic E-state index is -0.187. The number of nitrogens with one attached hydrogen (secondary N) is 1. The summed E-state index contributed by atoms with van der Waals surface area (Å²) in [5.74, 6) is 0.857. The molecule has 6 heteroatoms. The number of amides is 1. The van der Waals surface area contributed by atoms with Gasteiger partial charge in [-0.05, 0) is 12.5 Å². The van der Waals surface area contributed by atoms with E-state index in [0.29, 0.717) is 24.7 Å². The van der Waals surface area contributed by atoms with Gasteiger partial charge in [-0.25, -0.2) is 0 Å². The Bertz CT molecular complexity index is 569. The zero-order chi connectivity index (χ0) is 15.1. The maximum Gasteiger partial charge on any atom is 0.239 e. The maximum absolute atomic E-state index is 12.0. The second kappa shape index (κ2) is 7.56. The van der Waals surface area contributed by atoms with Crippen molar-refractivity contribution in [3.8, 4) is 0 Å². The molecule has 6 nitrogen and oxygen atoms in total. The Hall–Kier alpha value is -2.18. The molecule has 112 valence electrons. The van der Waals surface area contributed by atoms with E-state index in [1.165, 1.54) is 0 Å². The van der Waals surface area contributed by atoms with Crippen molar-refractivity contribution in [1.29, 1.82) is 0 Å². The van der Waals surface area contributed by atoms with Crippen LogP contribution in [0.1, 0.15) is 11.3 Å². The normalized spacial score (nSPS) is 10.8. The number of aliphatic hydroxyl groups excluding tert-OH is 1. The summed E-state index contributed by atoms with van der Waals surface area (Å²) < 4.78 is 4.90. The van der Waals surface area contributed by atoms with Crippen LogP contribution >= 0.6 is 0 Å². The van der Waals surface area contributed by atoms with Gasteiger partial charge in [-0.1, -0.05) is 35.5 Å². The molecular weight excluding hydrogens is 270 g/mol. The molecule has 0 saturated heterocycles. The van der Waals surface area contributed by atoms with E-state index in [1.54, 1.807) is 13.0 Å². The quantitative estimate of drug-likeness (QED) is 0.806. The molecule has 1 heterocycles. The van der Waals surface area contributed by atoms with Gasteiger partial charge in [0.2, 0.25) is 5.91 Å². The molecule has 0 spiro atoms. The average Bonchev–Trinajstić information content (AvgIpc) is 2.85. The van der Waals surface area contributed by atoms with Crippen molar-refractivity contribution >= 4 is 11.7 Å². The fourth-order valence-corrected chi connectivity index (χ4v) is 2.01. The van der Waals surface area contributed by atoms with Gasteiger partial charge in [-0.15, -0.1) is 0 Å². The molecule has 21 heavy (non-hydrogen) atoms. The molecule has 0 aliphatic heterocycles. The lowest BCUT2D eigenvalue weighted by molar-refractivity contribution is -0.117. The number of aryl methyl sites for hydroxylation is 1. The summed E-state index contributed by atoms with van der Waals surface area (Å²) in [6, 6.07) is 11.5. The summed E-state index contributed by atoms with van der Waals surface area (Å²) in [4.78, 5) is 13.9. The van der Waals surface area contributed by atoms with E-state index in [4.69, 9.17) is 9.63 Å². The van der Waals surface area contributed by atoms with Crippen LogP contribution in [-0.4, -0.2) is 40.8 Å². The van der Waals surface area contributed by atoms with Gasteiger partial charge >= 0.3 is 0 Å². The Labute approximate surface area is 123 Å². The zero-order valence-corrected chi connectivity index (χ0v) is 12.0. The molecule has 0 fully saturated rings. The number of aliphatic hydroxyl groups is 1. The van der Waals surface area contributed by atoms with Crippen LogP contribution in [0.4, 0.5) is 5.82 Å². The van der Waals surface area contributed by atoms with Gasteiger partial charge in [0.05, 0.1) is 13.2 Å². The second-order valence-corrected chi connectivity index (χ2v) is 4.79. The highest BCUT2D eigenvalue weighted by atomic mass is 16.5. The summed E-state index contributed by atoms with van der Waals surface area (Å²) in [7, 11) is 0. The van der Waals surface area contributed by atoms with Crippen LogP contribution in [0.5, 0.6) is 0 Å². The van der Waals surface area contributed by atoms with E-state index in [9.17, 15) is 4.79 Å². The summed E-state index contributed by atoms with van der Waals surface area (Å²) in [5.41, 5.74) is 1.09. The molecule has 0 aliphatic rings. The highest BCUT2D eigenvalue weighted by molar-refractivity contribution is 5.91. The SMILES string of the molecule is Cc1cc(NC(=O)CN(CCO)Cc2ccccc2)no1. The van der Waals surface area contributed by atoms with E-state index in [1.807, 2.05) is 35.2 Å². The standard InChI is InChI=1S/C15H19N3O3/c1-12-9-14(17-21-12)16-15(20)11-18(7-8-19)10-13-5-3-2-4-6-13/h2-6,9,19H,7-8,10-11H2,1H3,(H,16,17,20). The van der Waals surface area contributed by atoms with Crippen molar-refractivity contribution < 1.29 is 14.4 Å². The molecule has 2 N–H and O–H groups in total. The lowest BCUT2D eigenvalue weighted by atomic mass is 10.2. The third-order valence-corrected chi connectivity index (χ3v) is 2.93. The van der Waals surface area contributed by atoms with E-state index < -0.39 is 0 Å². The lowest BCUT2D eigenvalue weighted by Gasteiger charge is -2.20. The van der Waals surface area contributed by atoms with E-state index in [-0.39, 0.29) is 19.1 Å². The molecule has 0 atom stereocenters. The zero-order valence-electron chi connectivity index (χ0n) is 12.0. The van der Waals surface area contributed by atoms with Crippen LogP contribution in [-0.2, 0) is 11.3 Å². The van der Waals surface area contributed by atoms with Crippen LogP contribution in [0.2, 0.25) is 0 Å². The minimum Gasteiger partial charge on any atom is -0.395 e. The first kappa shape index (κ1) is 15.2. The maximum atomic E-state index is 12.0. The van der Waals surface area contributed by atoms with E-state index in [2.05, 4.69) is 10.5 Å². The number of rotatable bonds is 7. The third-order valence-electron chi connectivity index (χ3n) is 2.93. The lowest BCUT2D eigenvalue weighted by Crippen LogP contribution is -2.34. The van der Waals surface area contributed by atoms with Gasteiger partial charge in [-0.2, -0.15) is 0 Å². The highest BCUT2D eigenvalue weighted by Crippen LogP contribution is 2.08. The van der Waals surface area contributed by atoms with Crippen LogP contribution < -0.4 is 5.32 Å². The van der Waals surface area contributed by atoms with Gasteiger partial charge in [0, 0.05) is 19.2 Å². The van der Waals surface area contributed by atoms with Crippen molar-refractivity contribution in [1.82, 2.24) is 10.1 Å². The molecule has 0 unspecified atom stereocenters. The largest absolute Gasteiger partial charge is 0.395 e. The van der Waals surface area contributed by atoms with Crippen molar-refractivity contribution in [3.05, 3.63) is 47.7 Å². The fourth-order valence-electron chi connectivity index (χ4n) is 2.01. The van der Waals surface area contributed by atoms with Crippen LogP contribution in [0.3, 0.4) is 0 Å². The Morgan fingerprint density at radius 3 is 2.76 bits per heavy atom. The number of anilines is 1. The highest BCUT2D eigenvalue weighted by Gasteiger charge is 2.12. The molecule has 1 amide bonds. The minimum absolute atomic E-state index is 0.00316. The number of hydrogen-bond donors (Lipinski definition) is 2. The monoisotopic (exact) mass is 289 g/mol. The van der Waals surface area contributed by atoms with Crippen molar-refractivity contribution in [2.45, 2.75) is 13.5 Å². The molecule has 0 aliphatic carbocycles. The van der Waals surface area contributed by atoms with Crippen LogP contribution in [0, 0.1) is 6.92 Å². The van der Waals surface area contributed by atoms with Gasteiger partial charge in [-0.3, -0.25) is 9.69 Å². The van der Waals surface area contributed by atoms with Crippen molar-refractivity contribution in [2.75, 3.05) is 25.0 Å². The Morgan fingerprint density at radius 1 is 1.38 bits per heavy atom. The first-order valence-corrected chi connectivity index (χ1v) is 6.77. The topological polar surface area (TPSA) is 78.6 Å². The molecule has 0 radical (unpaired) electrons. The van der Waals surface area contributed by atoms with Gasteiger partial charge in [0.15, 0.2) is 5.82 Å². The second-order valence-electron chi connectivity index (χ2n) is 4.79. The molecule has 2 rings (SSSR count). The average molecular weight is 289 g/mol. The van der Waals surface area contributed by atoms with E-state index in [0.717, 1.165) is 5.56 Å². The molecule has 1 aromatic heterocycles. The van der Waals surface area contributed by atoms with Gasteiger partial charge in [0.25, 0.3) is 0 Å². The number of nitrogens with zero attached hydrogens (tertiary/aromatic N) is 2. The first-order chi connectivity index (χ1) is 10.2. The first-order valence-electron chi connectivity index (χ1n) is 6.77. The molecule has 2 aromatic rings. The number of hydrogen-bond acceptors (Lipinski definition) is 5. The molecule has 0 saturated carbocycles. The molecule has 1 aromatic carbocycles. The third kappa shape index (κ3) is 5.02. The summed E-state index contributed by atoms with van der Waals surface area (Å²) in [6.07, 6.45) is 0. The predicted molar refractivity (Wildman–Crippen MR) is 78.7 cm³/mol. The summed E-state index contributed by atoms with van der Waals surface area (Å²) >= 11 is 0. The summed E-state index contributed by atoms with van der Waals surface area (Å²) in [6.45, 7) is 2.98. The number of benzene rings is 1.